The fraction of sp³-hybridized carbons (Fsp3) is 0.905. The zero-order valence-corrected chi connectivity index (χ0v) is 17.8. The first-order valence-corrected chi connectivity index (χ1v) is 11.1. The molecule has 3 N–H and O–H groups in total. The molecule has 156 valence electrons. The number of nitrogens with one attached hydrogen (secondary N) is 3. The van der Waals surface area contributed by atoms with Gasteiger partial charge >= 0.3 is 0 Å². The normalized spacial score (nSPS) is 21.1. The minimum absolute atomic E-state index is 0.0302. The van der Waals surface area contributed by atoms with Crippen molar-refractivity contribution in [3.05, 3.63) is 0 Å². The number of nitrogens with zero attached hydrogens (tertiary/aromatic N) is 2. The van der Waals surface area contributed by atoms with Gasteiger partial charge in [-0.15, -0.1) is 0 Å². The molecule has 2 fully saturated rings. The van der Waals surface area contributed by atoms with Crippen LogP contribution in [0.4, 0.5) is 0 Å². The van der Waals surface area contributed by atoms with E-state index in [-0.39, 0.29) is 17.4 Å². The van der Waals surface area contributed by atoms with Crippen molar-refractivity contribution in [2.45, 2.75) is 77.7 Å². The first kappa shape index (κ1) is 22.0. The van der Waals surface area contributed by atoms with E-state index in [9.17, 15) is 4.79 Å². The molecule has 1 heterocycles. The summed E-state index contributed by atoms with van der Waals surface area (Å²) in [5.41, 5.74) is 0.257. The Balaban J connectivity index is 1.92. The van der Waals surface area contributed by atoms with Crippen LogP contribution in [0.15, 0.2) is 4.99 Å². The summed E-state index contributed by atoms with van der Waals surface area (Å²) in [5.74, 6) is 1.01. The van der Waals surface area contributed by atoms with Crippen molar-refractivity contribution in [2.75, 3.05) is 39.3 Å². The van der Waals surface area contributed by atoms with Crippen LogP contribution >= 0.6 is 0 Å². The first-order valence-electron chi connectivity index (χ1n) is 11.1. The average Bonchev–Trinajstić information content (AvgIpc) is 2.70. The number of carbonyl (C=O) groups is 1. The molecule has 1 aliphatic carbocycles. The Morgan fingerprint density at radius 1 is 0.963 bits per heavy atom. The Labute approximate surface area is 165 Å². The lowest BCUT2D eigenvalue weighted by Crippen LogP contribution is -2.54. The highest BCUT2D eigenvalue weighted by atomic mass is 16.1. The van der Waals surface area contributed by atoms with Crippen LogP contribution in [-0.4, -0.2) is 61.6 Å². The molecule has 0 atom stereocenters. The Bertz CT molecular complexity index is 465. The fourth-order valence-corrected chi connectivity index (χ4v) is 4.29. The average molecular weight is 380 g/mol. The number of guanidine groups is 1. The maximum atomic E-state index is 11.7. The third-order valence-corrected chi connectivity index (χ3v) is 5.93. The van der Waals surface area contributed by atoms with Gasteiger partial charge in [-0.2, -0.15) is 0 Å². The van der Waals surface area contributed by atoms with Gasteiger partial charge in [0.05, 0.1) is 6.54 Å². The second kappa shape index (κ2) is 11.5. The van der Waals surface area contributed by atoms with E-state index in [1.165, 1.54) is 64.5 Å². The second-order valence-electron chi connectivity index (χ2n) is 8.40. The van der Waals surface area contributed by atoms with E-state index < -0.39 is 0 Å². The van der Waals surface area contributed by atoms with Crippen LogP contribution in [0.2, 0.25) is 0 Å². The predicted molar refractivity (Wildman–Crippen MR) is 113 cm³/mol. The molecule has 27 heavy (non-hydrogen) atoms. The third-order valence-electron chi connectivity index (χ3n) is 5.93. The molecule has 0 aromatic rings. The number of hydrogen-bond acceptors (Lipinski definition) is 3. The lowest BCUT2D eigenvalue weighted by Gasteiger charge is -2.47. The van der Waals surface area contributed by atoms with E-state index in [0.717, 1.165) is 19.0 Å². The largest absolute Gasteiger partial charge is 0.357 e. The Morgan fingerprint density at radius 2 is 1.59 bits per heavy atom. The Hall–Kier alpha value is -1.30. The number of carbonyl (C=O) groups excluding carboxylic acids is 1. The highest BCUT2D eigenvalue weighted by Gasteiger charge is 2.38. The lowest BCUT2D eigenvalue weighted by molar-refractivity contribution is -0.123. The standard InChI is InChI=1S/C21H41N5O/c1-4-22-20(24-14-13-23-19(27)18(2)3)25-17-21(11-7-5-8-12-21)26-15-9-6-10-16-26/h18H,4-17H2,1-3H3,(H,23,27)(H2,22,24,25). The van der Waals surface area contributed by atoms with Gasteiger partial charge in [0.25, 0.3) is 0 Å². The number of likely N-dealkylation sites (tertiary alicyclic amines) is 1. The molecule has 6 heteroatoms. The van der Waals surface area contributed by atoms with Crippen LogP contribution in [0.3, 0.4) is 0 Å². The van der Waals surface area contributed by atoms with Gasteiger partial charge in [-0.3, -0.25) is 14.7 Å². The van der Waals surface area contributed by atoms with Gasteiger partial charge in [0.1, 0.15) is 0 Å². The molecule has 2 aliphatic rings. The molecule has 0 bridgehead atoms. The predicted octanol–water partition coefficient (Wildman–Crippen LogP) is 2.50. The second-order valence-corrected chi connectivity index (χ2v) is 8.40. The van der Waals surface area contributed by atoms with Gasteiger partial charge in [0.2, 0.25) is 5.91 Å². The number of rotatable bonds is 8. The summed E-state index contributed by atoms with van der Waals surface area (Å²) < 4.78 is 0. The summed E-state index contributed by atoms with van der Waals surface area (Å²) in [6.45, 7) is 11.4. The highest BCUT2D eigenvalue weighted by molar-refractivity contribution is 5.80. The molecular formula is C21H41N5O. The third kappa shape index (κ3) is 6.98. The minimum atomic E-state index is 0.0302. The van der Waals surface area contributed by atoms with Gasteiger partial charge in [-0.1, -0.05) is 39.5 Å². The van der Waals surface area contributed by atoms with Crippen LogP contribution in [-0.2, 0) is 4.79 Å². The smallest absolute Gasteiger partial charge is 0.222 e. The lowest BCUT2D eigenvalue weighted by atomic mass is 9.79. The molecule has 0 aromatic carbocycles. The number of hydrogen-bond donors (Lipinski definition) is 3. The number of piperidine rings is 1. The summed E-state index contributed by atoms with van der Waals surface area (Å²) in [7, 11) is 0. The van der Waals surface area contributed by atoms with Crippen LogP contribution in [0, 0.1) is 5.92 Å². The summed E-state index contributed by atoms with van der Waals surface area (Å²) in [6.07, 6.45) is 10.6. The maximum absolute atomic E-state index is 11.7. The molecule has 0 radical (unpaired) electrons. The van der Waals surface area contributed by atoms with Crippen molar-refractivity contribution in [1.29, 1.82) is 0 Å². The van der Waals surface area contributed by atoms with Gasteiger partial charge in [-0.25, -0.2) is 0 Å². The molecule has 0 aromatic heterocycles. The molecule has 0 spiro atoms. The molecule has 1 amide bonds. The zero-order valence-electron chi connectivity index (χ0n) is 17.8. The molecule has 1 saturated heterocycles. The maximum Gasteiger partial charge on any atom is 0.222 e. The van der Waals surface area contributed by atoms with Crippen LogP contribution < -0.4 is 16.0 Å². The van der Waals surface area contributed by atoms with Crippen molar-refractivity contribution in [3.8, 4) is 0 Å². The van der Waals surface area contributed by atoms with Gasteiger partial charge in [0.15, 0.2) is 5.96 Å². The summed E-state index contributed by atoms with van der Waals surface area (Å²) in [5, 5.41) is 9.69. The van der Waals surface area contributed by atoms with Crippen molar-refractivity contribution in [1.82, 2.24) is 20.9 Å². The summed E-state index contributed by atoms with van der Waals surface area (Å²) in [6, 6.07) is 0. The molecule has 2 rings (SSSR count). The zero-order chi connectivity index (χ0) is 19.5. The number of aliphatic imine (C=N–C) groups is 1. The van der Waals surface area contributed by atoms with Crippen molar-refractivity contribution < 1.29 is 4.79 Å². The van der Waals surface area contributed by atoms with Crippen molar-refractivity contribution >= 4 is 11.9 Å². The minimum Gasteiger partial charge on any atom is -0.357 e. The van der Waals surface area contributed by atoms with Crippen LogP contribution in [0.5, 0.6) is 0 Å². The molecule has 1 saturated carbocycles. The van der Waals surface area contributed by atoms with Gasteiger partial charge in [0, 0.05) is 31.1 Å². The van der Waals surface area contributed by atoms with E-state index in [1.54, 1.807) is 0 Å². The Morgan fingerprint density at radius 3 is 2.22 bits per heavy atom. The van der Waals surface area contributed by atoms with E-state index in [0.29, 0.717) is 13.1 Å². The fourth-order valence-electron chi connectivity index (χ4n) is 4.29. The van der Waals surface area contributed by atoms with Crippen LogP contribution in [0.1, 0.15) is 72.1 Å². The quantitative estimate of drug-likeness (QED) is 0.344. The van der Waals surface area contributed by atoms with Crippen molar-refractivity contribution in [3.63, 3.8) is 0 Å². The van der Waals surface area contributed by atoms with Gasteiger partial charge < -0.3 is 16.0 Å². The molecule has 6 nitrogen and oxygen atoms in total. The van der Waals surface area contributed by atoms with E-state index in [2.05, 4.69) is 27.8 Å². The molecular weight excluding hydrogens is 338 g/mol. The summed E-state index contributed by atoms with van der Waals surface area (Å²) >= 11 is 0. The Kier molecular flexibility index (Phi) is 9.39. The van der Waals surface area contributed by atoms with E-state index in [1.807, 2.05) is 13.8 Å². The summed E-state index contributed by atoms with van der Waals surface area (Å²) in [4.78, 5) is 19.4. The van der Waals surface area contributed by atoms with Crippen molar-refractivity contribution in [2.24, 2.45) is 10.9 Å². The SMILES string of the molecule is CCNC(=NCC1(N2CCCCC2)CCCCC1)NCCNC(=O)C(C)C. The monoisotopic (exact) mass is 379 g/mol. The van der Waals surface area contributed by atoms with Gasteiger partial charge in [-0.05, 0) is 45.7 Å². The topological polar surface area (TPSA) is 68.8 Å². The molecule has 1 aliphatic heterocycles. The van der Waals surface area contributed by atoms with E-state index in [4.69, 9.17) is 4.99 Å². The van der Waals surface area contributed by atoms with Crippen LogP contribution in [0.25, 0.3) is 0 Å². The van der Waals surface area contributed by atoms with E-state index >= 15 is 0 Å². The number of amides is 1. The first-order chi connectivity index (χ1) is 13.1. The molecule has 0 unspecified atom stereocenters. The highest BCUT2D eigenvalue weighted by Crippen LogP contribution is 2.35.